The van der Waals surface area contributed by atoms with E-state index >= 15 is 0 Å². The number of aliphatic imine (C=N–C) groups is 1. The van der Waals surface area contributed by atoms with Gasteiger partial charge in [-0.3, -0.25) is 0 Å². The van der Waals surface area contributed by atoms with Gasteiger partial charge in [0.05, 0.1) is 13.7 Å². The molecule has 5 heteroatoms. The summed E-state index contributed by atoms with van der Waals surface area (Å²) in [6, 6.07) is 4.45. The molecule has 0 saturated carbocycles. The number of halogens is 1. The number of ether oxygens (including phenoxy) is 1. The molecule has 4 nitrogen and oxygen atoms in total. The van der Waals surface area contributed by atoms with Crippen molar-refractivity contribution < 1.29 is 9.13 Å². The summed E-state index contributed by atoms with van der Waals surface area (Å²) in [5.74, 6) is 1.19. The van der Waals surface area contributed by atoms with Crippen LogP contribution in [0.5, 0.6) is 5.75 Å². The molecule has 0 heterocycles. The quantitative estimate of drug-likeness (QED) is 0.607. The molecule has 100 valence electrons. The zero-order valence-corrected chi connectivity index (χ0v) is 11.6. The zero-order chi connectivity index (χ0) is 13.7. The molecule has 0 unspecified atom stereocenters. The lowest BCUT2D eigenvalue weighted by atomic mass is 10.2. The molecule has 1 rings (SSSR count). The fraction of sp³-hybridized carbons (Fsp3) is 0.462. The van der Waals surface area contributed by atoms with Crippen LogP contribution >= 0.6 is 0 Å². The van der Waals surface area contributed by atoms with Gasteiger partial charge in [-0.25, -0.2) is 9.38 Å². The first-order valence-corrected chi connectivity index (χ1v) is 5.67. The Kier molecular flexibility index (Phi) is 4.95. The van der Waals surface area contributed by atoms with Gasteiger partial charge in [-0.15, -0.1) is 0 Å². The van der Waals surface area contributed by atoms with Crippen LogP contribution in [0.3, 0.4) is 0 Å². The van der Waals surface area contributed by atoms with Crippen LogP contribution in [-0.2, 0) is 6.54 Å². The molecular weight excluding hydrogens is 233 g/mol. The summed E-state index contributed by atoms with van der Waals surface area (Å²) in [5, 5.41) is 0. The third-order valence-electron chi connectivity index (χ3n) is 2.43. The molecule has 18 heavy (non-hydrogen) atoms. The number of guanidine groups is 1. The fourth-order valence-corrected chi connectivity index (χ4v) is 1.71. The van der Waals surface area contributed by atoms with Crippen LogP contribution in [0.1, 0.15) is 5.56 Å². The second-order valence-electron chi connectivity index (χ2n) is 4.36. The van der Waals surface area contributed by atoms with Crippen LogP contribution in [0.15, 0.2) is 23.2 Å². The standard InChI is InChI=1S/C13H20FN3O/c1-16(2)13(17(3)4)15-9-10-8-11(14)6-7-12(10)18-5/h6-8H,9H2,1-5H3. The summed E-state index contributed by atoms with van der Waals surface area (Å²) in [6.45, 7) is 0.382. The van der Waals surface area contributed by atoms with Crippen molar-refractivity contribution in [2.45, 2.75) is 6.54 Å². The topological polar surface area (TPSA) is 28.1 Å². The largest absolute Gasteiger partial charge is 0.496 e. The minimum Gasteiger partial charge on any atom is -0.496 e. The molecule has 0 amide bonds. The van der Waals surface area contributed by atoms with E-state index in [9.17, 15) is 4.39 Å². The lowest BCUT2D eigenvalue weighted by Gasteiger charge is -2.22. The van der Waals surface area contributed by atoms with Gasteiger partial charge in [0.2, 0.25) is 0 Å². The van der Waals surface area contributed by atoms with E-state index in [-0.39, 0.29) is 5.82 Å². The van der Waals surface area contributed by atoms with E-state index in [0.29, 0.717) is 12.3 Å². The number of methoxy groups -OCH3 is 1. The lowest BCUT2D eigenvalue weighted by Crippen LogP contribution is -2.35. The third kappa shape index (κ3) is 3.61. The molecule has 1 aromatic rings. The molecule has 0 fully saturated rings. The van der Waals surface area contributed by atoms with Gasteiger partial charge in [0.1, 0.15) is 11.6 Å². The maximum atomic E-state index is 13.2. The van der Waals surface area contributed by atoms with E-state index in [1.54, 1.807) is 13.2 Å². The Bertz CT molecular complexity index is 420. The number of hydrogen-bond acceptors (Lipinski definition) is 2. The Morgan fingerprint density at radius 1 is 1.22 bits per heavy atom. The Morgan fingerprint density at radius 2 is 1.83 bits per heavy atom. The highest BCUT2D eigenvalue weighted by Crippen LogP contribution is 2.20. The summed E-state index contributed by atoms with van der Waals surface area (Å²) < 4.78 is 18.4. The second-order valence-corrected chi connectivity index (χ2v) is 4.36. The highest BCUT2D eigenvalue weighted by Gasteiger charge is 2.07. The number of hydrogen-bond donors (Lipinski definition) is 0. The minimum atomic E-state index is -0.280. The molecule has 0 aliphatic carbocycles. The molecule has 1 aromatic carbocycles. The van der Waals surface area contributed by atoms with Gasteiger partial charge in [0, 0.05) is 33.8 Å². The summed E-state index contributed by atoms with van der Waals surface area (Å²) in [5.41, 5.74) is 0.735. The van der Waals surface area contributed by atoms with Crippen molar-refractivity contribution in [2.24, 2.45) is 4.99 Å². The van der Waals surface area contributed by atoms with Crippen LogP contribution in [0.2, 0.25) is 0 Å². The first-order valence-electron chi connectivity index (χ1n) is 5.67. The van der Waals surface area contributed by atoms with Crippen molar-refractivity contribution in [1.29, 1.82) is 0 Å². The van der Waals surface area contributed by atoms with E-state index in [2.05, 4.69) is 4.99 Å². The van der Waals surface area contributed by atoms with Crippen molar-refractivity contribution in [3.63, 3.8) is 0 Å². The average Bonchev–Trinajstić information content (AvgIpc) is 2.28. The second kappa shape index (κ2) is 6.23. The molecule has 0 aliphatic rings. The van der Waals surface area contributed by atoms with Gasteiger partial charge in [0.15, 0.2) is 5.96 Å². The monoisotopic (exact) mass is 253 g/mol. The summed E-state index contributed by atoms with van der Waals surface area (Å²) >= 11 is 0. The molecule has 0 atom stereocenters. The van der Waals surface area contributed by atoms with E-state index in [0.717, 1.165) is 11.5 Å². The Balaban J connectivity index is 2.96. The fourth-order valence-electron chi connectivity index (χ4n) is 1.71. The van der Waals surface area contributed by atoms with Crippen molar-refractivity contribution in [1.82, 2.24) is 9.80 Å². The highest BCUT2D eigenvalue weighted by molar-refractivity contribution is 5.79. The molecule has 0 bridgehead atoms. The van der Waals surface area contributed by atoms with Gasteiger partial charge >= 0.3 is 0 Å². The van der Waals surface area contributed by atoms with Crippen molar-refractivity contribution in [2.75, 3.05) is 35.3 Å². The van der Waals surface area contributed by atoms with E-state index in [4.69, 9.17) is 4.74 Å². The SMILES string of the molecule is COc1ccc(F)cc1CN=C(N(C)C)N(C)C. The zero-order valence-electron chi connectivity index (χ0n) is 11.6. The molecule has 0 aliphatic heterocycles. The summed E-state index contributed by atoms with van der Waals surface area (Å²) in [7, 11) is 9.24. The highest BCUT2D eigenvalue weighted by atomic mass is 19.1. The van der Waals surface area contributed by atoms with Crippen LogP contribution in [0.4, 0.5) is 4.39 Å². The molecular formula is C13H20FN3O. The smallest absolute Gasteiger partial charge is 0.195 e. The Morgan fingerprint density at radius 3 is 2.33 bits per heavy atom. The van der Waals surface area contributed by atoms with Crippen LogP contribution in [0.25, 0.3) is 0 Å². The molecule has 0 N–H and O–H groups in total. The van der Waals surface area contributed by atoms with E-state index < -0.39 is 0 Å². The maximum Gasteiger partial charge on any atom is 0.195 e. The lowest BCUT2D eigenvalue weighted by molar-refractivity contribution is 0.408. The van der Waals surface area contributed by atoms with Crippen molar-refractivity contribution in [3.8, 4) is 5.75 Å². The summed E-state index contributed by atoms with van der Waals surface area (Å²) in [4.78, 5) is 8.28. The van der Waals surface area contributed by atoms with Gasteiger partial charge < -0.3 is 14.5 Å². The van der Waals surface area contributed by atoms with Gasteiger partial charge in [-0.2, -0.15) is 0 Å². The van der Waals surface area contributed by atoms with E-state index in [1.807, 2.05) is 38.0 Å². The van der Waals surface area contributed by atoms with Crippen LogP contribution in [0, 0.1) is 5.82 Å². The van der Waals surface area contributed by atoms with E-state index in [1.165, 1.54) is 12.1 Å². The Hall–Kier alpha value is -1.78. The van der Waals surface area contributed by atoms with Crippen molar-refractivity contribution in [3.05, 3.63) is 29.6 Å². The van der Waals surface area contributed by atoms with Crippen LogP contribution < -0.4 is 4.74 Å². The molecule has 0 aromatic heterocycles. The average molecular weight is 253 g/mol. The first kappa shape index (κ1) is 14.3. The van der Waals surface area contributed by atoms with Crippen molar-refractivity contribution >= 4 is 5.96 Å². The first-order chi connectivity index (χ1) is 8.45. The molecule has 0 radical (unpaired) electrons. The normalized spacial score (nSPS) is 9.89. The van der Waals surface area contributed by atoms with Crippen LogP contribution in [-0.4, -0.2) is 51.1 Å². The third-order valence-corrected chi connectivity index (χ3v) is 2.43. The van der Waals surface area contributed by atoms with Gasteiger partial charge in [-0.1, -0.05) is 0 Å². The molecule has 0 saturated heterocycles. The number of nitrogens with zero attached hydrogens (tertiary/aromatic N) is 3. The van der Waals surface area contributed by atoms with Gasteiger partial charge in [0.25, 0.3) is 0 Å². The molecule has 0 spiro atoms. The number of rotatable bonds is 3. The minimum absolute atomic E-state index is 0.280. The predicted molar refractivity (Wildman–Crippen MR) is 71.5 cm³/mol. The summed E-state index contributed by atoms with van der Waals surface area (Å²) in [6.07, 6.45) is 0. The maximum absolute atomic E-state index is 13.2. The Labute approximate surface area is 108 Å². The number of benzene rings is 1. The van der Waals surface area contributed by atoms with Gasteiger partial charge in [-0.05, 0) is 18.2 Å². The predicted octanol–water partition coefficient (Wildman–Crippen LogP) is 1.81.